The second-order valence-electron chi connectivity index (χ2n) is 8.68. The minimum Gasteiger partial charge on any atom is -0.436 e. The van der Waals surface area contributed by atoms with Crippen LogP contribution < -0.4 is 10.6 Å². The lowest BCUT2D eigenvalue weighted by Crippen LogP contribution is -2.34. The monoisotopic (exact) mass is 513 g/mol. The number of fused-ring (bicyclic) bond motifs is 2. The van der Waals surface area contributed by atoms with Crippen LogP contribution in [0.3, 0.4) is 0 Å². The molecule has 4 aromatic carbocycles. The molecule has 2 N–H and O–H groups in total. The Bertz CT molecular complexity index is 1590. The maximum atomic E-state index is 12.9. The third kappa shape index (κ3) is 4.83. The number of nitrogens with zero attached hydrogens (tertiary/aromatic N) is 1. The molecule has 0 saturated carbocycles. The number of carbonyl (C=O) groups excluding carboxylic acids is 1. The first kappa shape index (κ1) is 24.0. The summed E-state index contributed by atoms with van der Waals surface area (Å²) in [7, 11) is 0. The fraction of sp³-hybridized carbons (Fsp3) is 0.138. The molecular weight excluding hydrogens is 490 g/mol. The molecule has 0 aliphatic heterocycles. The fourth-order valence-electron chi connectivity index (χ4n) is 4.11. The van der Waals surface area contributed by atoms with Gasteiger partial charge < -0.3 is 9.73 Å². The Kier molecular flexibility index (Phi) is 6.72. The molecule has 1 aromatic heterocycles. The Hall–Kier alpha value is -3.74. The number of benzene rings is 4. The highest BCUT2D eigenvalue weighted by molar-refractivity contribution is 7.80. The summed E-state index contributed by atoms with van der Waals surface area (Å²) in [5.74, 6) is 0.728. The molecule has 0 saturated heterocycles. The molecular formula is C29H24ClN3O2S. The molecule has 0 aliphatic rings. The molecule has 1 unspecified atom stereocenters. The van der Waals surface area contributed by atoms with E-state index in [0.717, 1.165) is 39.5 Å². The molecule has 180 valence electrons. The van der Waals surface area contributed by atoms with Crippen LogP contribution in [0.4, 0.5) is 5.69 Å². The van der Waals surface area contributed by atoms with E-state index in [1.165, 1.54) is 5.56 Å². The van der Waals surface area contributed by atoms with E-state index in [-0.39, 0.29) is 11.0 Å². The van der Waals surface area contributed by atoms with E-state index in [1.54, 1.807) is 18.2 Å². The van der Waals surface area contributed by atoms with Gasteiger partial charge >= 0.3 is 0 Å². The van der Waals surface area contributed by atoms with Crippen molar-refractivity contribution >= 4 is 62.4 Å². The van der Waals surface area contributed by atoms with E-state index >= 15 is 0 Å². The van der Waals surface area contributed by atoms with Gasteiger partial charge in [0.25, 0.3) is 5.91 Å². The summed E-state index contributed by atoms with van der Waals surface area (Å²) >= 11 is 11.6. The van der Waals surface area contributed by atoms with E-state index in [9.17, 15) is 4.79 Å². The fourth-order valence-corrected chi connectivity index (χ4v) is 4.56. The number of nitrogens with one attached hydrogen (secondary N) is 2. The van der Waals surface area contributed by atoms with Crippen molar-refractivity contribution in [2.45, 2.75) is 26.2 Å². The summed E-state index contributed by atoms with van der Waals surface area (Å²) in [5.41, 5.74) is 4.96. The van der Waals surface area contributed by atoms with E-state index < -0.39 is 0 Å². The molecule has 0 fully saturated rings. The van der Waals surface area contributed by atoms with Gasteiger partial charge in [-0.1, -0.05) is 55.8 Å². The van der Waals surface area contributed by atoms with Crippen molar-refractivity contribution in [1.29, 1.82) is 0 Å². The van der Waals surface area contributed by atoms with Gasteiger partial charge in [0.05, 0.1) is 0 Å². The first-order valence-corrected chi connectivity index (χ1v) is 12.5. The van der Waals surface area contributed by atoms with Gasteiger partial charge in [0, 0.05) is 27.2 Å². The Morgan fingerprint density at radius 1 is 1.03 bits per heavy atom. The number of aromatic nitrogens is 1. The molecule has 0 spiro atoms. The lowest BCUT2D eigenvalue weighted by molar-refractivity contribution is 0.0979. The molecule has 5 rings (SSSR count). The highest BCUT2D eigenvalue weighted by atomic mass is 35.5. The topological polar surface area (TPSA) is 67.2 Å². The quantitative estimate of drug-likeness (QED) is 0.233. The Morgan fingerprint density at radius 2 is 1.78 bits per heavy atom. The molecule has 0 aliphatic carbocycles. The maximum absolute atomic E-state index is 12.9. The minimum absolute atomic E-state index is 0.200. The zero-order valence-electron chi connectivity index (χ0n) is 19.8. The normalized spacial score (nSPS) is 12.0. The molecule has 0 bridgehead atoms. The Balaban J connectivity index is 1.28. The number of anilines is 1. The van der Waals surface area contributed by atoms with Crippen molar-refractivity contribution < 1.29 is 9.21 Å². The summed E-state index contributed by atoms with van der Waals surface area (Å²) in [6.07, 6.45) is 1.07. The maximum Gasteiger partial charge on any atom is 0.258 e. The van der Waals surface area contributed by atoms with Crippen LogP contribution in [0.25, 0.3) is 33.3 Å². The number of hydrogen-bond donors (Lipinski definition) is 2. The molecule has 5 aromatic rings. The van der Waals surface area contributed by atoms with Crippen LogP contribution in [0, 0.1) is 0 Å². The highest BCUT2D eigenvalue weighted by Gasteiger charge is 2.14. The Morgan fingerprint density at radius 3 is 2.56 bits per heavy atom. The average Bonchev–Trinajstić information content (AvgIpc) is 3.32. The van der Waals surface area contributed by atoms with Gasteiger partial charge in [-0.25, -0.2) is 4.98 Å². The van der Waals surface area contributed by atoms with E-state index in [0.29, 0.717) is 22.4 Å². The zero-order chi connectivity index (χ0) is 25.2. The van der Waals surface area contributed by atoms with Gasteiger partial charge in [-0.2, -0.15) is 0 Å². The minimum atomic E-state index is -0.305. The standard InChI is InChI=1S/C29H24ClN3O2S/c1-3-17(2)19-12-15-26-25(16-19)32-28(35-26)18-10-13-20(14-11-18)31-29(36)33-27(34)23-8-4-7-22-21(23)6-5-9-24(22)30/h4-17H,3H2,1-2H3,(H2,31,33,34,36). The van der Waals surface area contributed by atoms with E-state index in [2.05, 4.69) is 41.6 Å². The van der Waals surface area contributed by atoms with Gasteiger partial charge in [0.1, 0.15) is 5.52 Å². The average molecular weight is 514 g/mol. The summed E-state index contributed by atoms with van der Waals surface area (Å²) in [6.45, 7) is 4.38. The van der Waals surface area contributed by atoms with Crippen molar-refractivity contribution in [3.8, 4) is 11.5 Å². The van der Waals surface area contributed by atoms with Crippen molar-refractivity contribution in [3.63, 3.8) is 0 Å². The summed E-state index contributed by atoms with van der Waals surface area (Å²) in [4.78, 5) is 17.6. The predicted molar refractivity (Wildman–Crippen MR) is 151 cm³/mol. The summed E-state index contributed by atoms with van der Waals surface area (Å²) in [5, 5.41) is 8.18. The zero-order valence-corrected chi connectivity index (χ0v) is 21.4. The number of oxazole rings is 1. The van der Waals surface area contributed by atoms with Crippen molar-refractivity contribution in [2.75, 3.05) is 5.32 Å². The first-order chi connectivity index (χ1) is 17.4. The van der Waals surface area contributed by atoms with Gasteiger partial charge in [-0.15, -0.1) is 0 Å². The lowest BCUT2D eigenvalue weighted by Gasteiger charge is -2.11. The van der Waals surface area contributed by atoms with Gasteiger partial charge in [-0.05, 0) is 84.0 Å². The third-order valence-corrected chi connectivity index (χ3v) is 6.86. The SMILES string of the molecule is CCC(C)c1ccc2oc(-c3ccc(NC(=S)NC(=O)c4cccc5c(Cl)cccc45)cc3)nc2c1. The molecule has 36 heavy (non-hydrogen) atoms. The second-order valence-corrected chi connectivity index (χ2v) is 9.50. The van der Waals surface area contributed by atoms with Gasteiger partial charge in [0.15, 0.2) is 10.7 Å². The van der Waals surface area contributed by atoms with E-state index in [1.807, 2.05) is 48.5 Å². The number of halogens is 1. The van der Waals surface area contributed by atoms with Crippen molar-refractivity contribution in [3.05, 3.63) is 95.0 Å². The van der Waals surface area contributed by atoms with Crippen molar-refractivity contribution in [1.82, 2.24) is 10.3 Å². The lowest BCUT2D eigenvalue weighted by atomic mass is 9.98. The molecule has 0 radical (unpaired) electrons. The largest absolute Gasteiger partial charge is 0.436 e. The smallest absolute Gasteiger partial charge is 0.258 e. The van der Waals surface area contributed by atoms with Crippen LogP contribution in [0.5, 0.6) is 0 Å². The van der Waals surface area contributed by atoms with Crippen LogP contribution in [0.15, 0.2) is 83.3 Å². The first-order valence-electron chi connectivity index (χ1n) is 11.7. The van der Waals surface area contributed by atoms with E-state index in [4.69, 9.17) is 28.2 Å². The molecule has 1 heterocycles. The Labute approximate surface area is 219 Å². The van der Waals surface area contributed by atoms with Crippen LogP contribution in [0.2, 0.25) is 5.02 Å². The van der Waals surface area contributed by atoms with Crippen LogP contribution >= 0.6 is 23.8 Å². The van der Waals surface area contributed by atoms with Crippen LogP contribution in [-0.4, -0.2) is 16.0 Å². The van der Waals surface area contributed by atoms with Gasteiger partial charge in [-0.3, -0.25) is 10.1 Å². The highest BCUT2D eigenvalue weighted by Crippen LogP contribution is 2.29. The molecule has 1 atom stereocenters. The molecule has 1 amide bonds. The number of thiocarbonyl (C=S) groups is 1. The van der Waals surface area contributed by atoms with Crippen molar-refractivity contribution in [2.24, 2.45) is 0 Å². The van der Waals surface area contributed by atoms with Crippen LogP contribution in [0.1, 0.15) is 42.1 Å². The molecule has 7 heteroatoms. The number of rotatable bonds is 5. The number of hydrogen-bond acceptors (Lipinski definition) is 4. The molecule has 5 nitrogen and oxygen atoms in total. The summed E-state index contributed by atoms with van der Waals surface area (Å²) < 4.78 is 5.96. The number of amides is 1. The van der Waals surface area contributed by atoms with Gasteiger partial charge in [0.2, 0.25) is 5.89 Å². The predicted octanol–water partition coefficient (Wildman–Crippen LogP) is 7.94. The van der Waals surface area contributed by atoms with Crippen LogP contribution in [-0.2, 0) is 0 Å². The second kappa shape index (κ2) is 10.1. The number of carbonyl (C=O) groups is 1. The third-order valence-electron chi connectivity index (χ3n) is 6.32. The summed E-state index contributed by atoms with van der Waals surface area (Å²) in [6, 6.07) is 24.6.